The van der Waals surface area contributed by atoms with Gasteiger partial charge in [-0.15, -0.1) is 0 Å². The van der Waals surface area contributed by atoms with Crippen molar-refractivity contribution in [2.24, 2.45) is 4.99 Å². The third-order valence-electron chi connectivity index (χ3n) is 3.81. The summed E-state index contributed by atoms with van der Waals surface area (Å²) in [6, 6.07) is 13.2. The Hall–Kier alpha value is -3.22. The van der Waals surface area contributed by atoms with Crippen molar-refractivity contribution in [1.29, 1.82) is 0 Å². The van der Waals surface area contributed by atoms with E-state index in [-0.39, 0.29) is 12.1 Å². The van der Waals surface area contributed by atoms with Gasteiger partial charge in [-0.2, -0.15) is 0 Å². The van der Waals surface area contributed by atoms with Gasteiger partial charge in [-0.25, -0.2) is 13.8 Å². The monoisotopic (exact) mass is 355 g/mol. The summed E-state index contributed by atoms with van der Waals surface area (Å²) in [5.41, 5.74) is 2.21. The number of H-pyrrole nitrogens is 1. The van der Waals surface area contributed by atoms with Crippen molar-refractivity contribution in [3.8, 4) is 11.3 Å². The molecule has 1 aromatic heterocycles. The second-order valence-electron chi connectivity index (χ2n) is 5.62. The SMILES string of the molecule is CN=C(NCc1ncc(-c2ccccc2)[nH]1)NCc1cc(F)ccc1F. The maximum absolute atomic E-state index is 13.7. The summed E-state index contributed by atoms with van der Waals surface area (Å²) in [5.74, 6) is 0.262. The Bertz CT molecular complexity index is 890. The van der Waals surface area contributed by atoms with E-state index in [4.69, 9.17) is 0 Å². The summed E-state index contributed by atoms with van der Waals surface area (Å²) < 4.78 is 26.9. The summed E-state index contributed by atoms with van der Waals surface area (Å²) in [6.45, 7) is 0.537. The summed E-state index contributed by atoms with van der Waals surface area (Å²) in [7, 11) is 1.61. The average molecular weight is 355 g/mol. The van der Waals surface area contributed by atoms with Crippen molar-refractivity contribution < 1.29 is 8.78 Å². The van der Waals surface area contributed by atoms with E-state index >= 15 is 0 Å². The molecule has 0 bridgehead atoms. The lowest BCUT2D eigenvalue weighted by atomic mass is 10.2. The lowest BCUT2D eigenvalue weighted by Crippen LogP contribution is -2.36. The Morgan fingerprint density at radius 2 is 1.85 bits per heavy atom. The fraction of sp³-hybridized carbons (Fsp3) is 0.158. The molecule has 2 aromatic carbocycles. The lowest BCUT2D eigenvalue weighted by Gasteiger charge is -2.11. The molecular weight excluding hydrogens is 336 g/mol. The van der Waals surface area contributed by atoms with Gasteiger partial charge in [0.15, 0.2) is 5.96 Å². The fourth-order valence-corrected chi connectivity index (χ4v) is 2.46. The van der Waals surface area contributed by atoms with Crippen molar-refractivity contribution in [2.75, 3.05) is 7.05 Å². The number of aromatic amines is 1. The number of aromatic nitrogens is 2. The molecule has 0 unspecified atom stereocenters. The maximum Gasteiger partial charge on any atom is 0.191 e. The number of guanidine groups is 1. The largest absolute Gasteiger partial charge is 0.352 e. The van der Waals surface area contributed by atoms with Crippen LogP contribution in [0.2, 0.25) is 0 Å². The number of hydrogen-bond acceptors (Lipinski definition) is 2. The molecule has 7 heteroatoms. The number of nitrogens with zero attached hydrogens (tertiary/aromatic N) is 2. The summed E-state index contributed by atoms with van der Waals surface area (Å²) in [4.78, 5) is 11.6. The van der Waals surface area contributed by atoms with Gasteiger partial charge in [0.2, 0.25) is 0 Å². The molecule has 26 heavy (non-hydrogen) atoms. The standard InChI is InChI=1S/C19H19F2N5/c1-22-19(24-10-14-9-15(20)7-8-16(14)21)25-12-18-23-11-17(26-18)13-5-3-2-4-6-13/h2-9,11H,10,12H2,1H3,(H,23,26)(H2,22,24,25). The molecule has 0 aliphatic rings. The molecule has 0 amide bonds. The zero-order valence-corrected chi connectivity index (χ0v) is 14.3. The van der Waals surface area contributed by atoms with Gasteiger partial charge in [-0.05, 0) is 23.8 Å². The summed E-state index contributed by atoms with van der Waals surface area (Å²) in [6.07, 6.45) is 1.77. The first kappa shape index (κ1) is 17.6. The normalized spacial score (nSPS) is 11.4. The molecule has 3 N–H and O–H groups in total. The molecule has 134 valence electrons. The minimum Gasteiger partial charge on any atom is -0.352 e. The van der Waals surface area contributed by atoms with Crippen LogP contribution in [0.1, 0.15) is 11.4 Å². The molecule has 1 heterocycles. The number of benzene rings is 2. The first-order valence-electron chi connectivity index (χ1n) is 8.13. The molecule has 0 fully saturated rings. The molecule has 0 radical (unpaired) electrons. The third kappa shape index (κ3) is 4.44. The molecule has 0 atom stereocenters. The summed E-state index contributed by atoms with van der Waals surface area (Å²) in [5, 5.41) is 6.04. The van der Waals surface area contributed by atoms with Crippen molar-refractivity contribution in [1.82, 2.24) is 20.6 Å². The quantitative estimate of drug-likeness (QED) is 0.486. The third-order valence-corrected chi connectivity index (χ3v) is 3.81. The Morgan fingerprint density at radius 3 is 2.62 bits per heavy atom. The number of aliphatic imine (C=N–C) groups is 1. The molecule has 3 rings (SSSR count). The first-order valence-corrected chi connectivity index (χ1v) is 8.13. The zero-order valence-electron chi connectivity index (χ0n) is 14.3. The van der Waals surface area contributed by atoms with Crippen molar-refractivity contribution in [3.05, 3.63) is 77.8 Å². The van der Waals surface area contributed by atoms with Gasteiger partial charge in [-0.3, -0.25) is 4.99 Å². The molecule has 0 saturated heterocycles. The number of halogens is 2. The van der Waals surface area contributed by atoms with Gasteiger partial charge < -0.3 is 15.6 Å². The van der Waals surface area contributed by atoms with Crippen molar-refractivity contribution in [2.45, 2.75) is 13.1 Å². The van der Waals surface area contributed by atoms with Crippen LogP contribution in [0.3, 0.4) is 0 Å². The molecule has 3 aromatic rings. The molecule has 0 spiro atoms. The van der Waals surface area contributed by atoms with Gasteiger partial charge >= 0.3 is 0 Å². The van der Waals surface area contributed by atoms with E-state index in [1.807, 2.05) is 30.3 Å². The Balaban J connectivity index is 1.56. The minimum atomic E-state index is -0.477. The van der Waals surface area contributed by atoms with E-state index in [1.54, 1.807) is 13.2 Å². The van der Waals surface area contributed by atoms with Crippen LogP contribution >= 0.6 is 0 Å². The second-order valence-corrected chi connectivity index (χ2v) is 5.62. The van der Waals surface area contributed by atoms with E-state index in [2.05, 4.69) is 25.6 Å². The van der Waals surface area contributed by atoms with E-state index in [0.29, 0.717) is 12.5 Å². The lowest BCUT2D eigenvalue weighted by molar-refractivity contribution is 0.581. The first-order chi connectivity index (χ1) is 12.7. The molecular formula is C19H19F2N5. The van der Waals surface area contributed by atoms with Crippen LogP contribution in [-0.2, 0) is 13.1 Å². The minimum absolute atomic E-state index is 0.122. The maximum atomic E-state index is 13.7. The van der Waals surface area contributed by atoms with Gasteiger partial charge in [-0.1, -0.05) is 30.3 Å². The van der Waals surface area contributed by atoms with Crippen LogP contribution in [0.4, 0.5) is 8.78 Å². The molecule has 0 saturated carbocycles. The topological polar surface area (TPSA) is 65.1 Å². The van der Waals surface area contributed by atoms with Gasteiger partial charge in [0, 0.05) is 19.2 Å². The average Bonchev–Trinajstić information content (AvgIpc) is 3.14. The predicted molar refractivity (Wildman–Crippen MR) is 97.4 cm³/mol. The van der Waals surface area contributed by atoms with Crippen LogP contribution in [0.15, 0.2) is 59.7 Å². The van der Waals surface area contributed by atoms with Gasteiger partial charge in [0.05, 0.1) is 18.4 Å². The Kier molecular flexibility index (Phi) is 5.58. The van der Waals surface area contributed by atoms with Crippen LogP contribution in [0.5, 0.6) is 0 Å². The highest BCUT2D eigenvalue weighted by molar-refractivity contribution is 5.79. The number of hydrogen-bond donors (Lipinski definition) is 3. The van der Waals surface area contributed by atoms with Crippen LogP contribution in [0, 0.1) is 11.6 Å². The van der Waals surface area contributed by atoms with Gasteiger partial charge in [0.25, 0.3) is 0 Å². The Labute approximate surface area is 150 Å². The highest BCUT2D eigenvalue weighted by Gasteiger charge is 2.07. The highest BCUT2D eigenvalue weighted by Crippen LogP contribution is 2.15. The number of imidazole rings is 1. The van der Waals surface area contributed by atoms with Crippen molar-refractivity contribution in [3.63, 3.8) is 0 Å². The predicted octanol–water partition coefficient (Wildman–Crippen LogP) is 3.22. The summed E-state index contributed by atoms with van der Waals surface area (Å²) >= 11 is 0. The smallest absolute Gasteiger partial charge is 0.191 e. The van der Waals surface area contributed by atoms with Crippen molar-refractivity contribution >= 4 is 5.96 Å². The molecule has 5 nitrogen and oxygen atoms in total. The Morgan fingerprint density at radius 1 is 1.08 bits per heavy atom. The van der Waals surface area contributed by atoms with Crippen LogP contribution < -0.4 is 10.6 Å². The molecule has 0 aliphatic carbocycles. The molecule has 0 aliphatic heterocycles. The highest BCUT2D eigenvalue weighted by atomic mass is 19.1. The van der Waals surface area contributed by atoms with Gasteiger partial charge in [0.1, 0.15) is 17.5 Å². The van der Waals surface area contributed by atoms with Crippen LogP contribution in [0.25, 0.3) is 11.3 Å². The van der Waals surface area contributed by atoms with E-state index < -0.39 is 11.6 Å². The van der Waals surface area contributed by atoms with E-state index in [9.17, 15) is 8.78 Å². The van der Waals surface area contributed by atoms with Crippen LogP contribution in [-0.4, -0.2) is 23.0 Å². The second kappa shape index (κ2) is 8.24. The number of rotatable bonds is 5. The fourth-order valence-electron chi connectivity index (χ4n) is 2.46. The zero-order chi connectivity index (χ0) is 18.4. The van der Waals surface area contributed by atoms with E-state index in [1.165, 1.54) is 0 Å². The van der Waals surface area contributed by atoms with E-state index in [0.717, 1.165) is 35.3 Å². The number of nitrogens with one attached hydrogen (secondary N) is 3.